The van der Waals surface area contributed by atoms with Crippen molar-refractivity contribution in [3.63, 3.8) is 0 Å². The minimum absolute atomic E-state index is 0.156. The molecule has 0 spiro atoms. The van der Waals surface area contributed by atoms with Crippen LogP contribution < -0.4 is 10.2 Å². The monoisotopic (exact) mass is 220 g/mol. The van der Waals surface area contributed by atoms with Crippen molar-refractivity contribution < 1.29 is 5.11 Å². The third kappa shape index (κ3) is 2.36. The van der Waals surface area contributed by atoms with Crippen molar-refractivity contribution in [3.8, 4) is 0 Å². The highest BCUT2D eigenvalue weighted by molar-refractivity contribution is 5.55. The van der Waals surface area contributed by atoms with E-state index in [1.807, 2.05) is 7.05 Å². The molecule has 1 heterocycles. The number of hydrogen-bond donors (Lipinski definition) is 2. The van der Waals surface area contributed by atoms with Crippen molar-refractivity contribution in [2.45, 2.75) is 26.0 Å². The van der Waals surface area contributed by atoms with E-state index in [0.717, 1.165) is 26.1 Å². The Bertz CT molecular complexity index is 365. The number of β-amino-alcohol motifs (C(OH)–C–C–N with tert-alkyl or cyclic N) is 1. The van der Waals surface area contributed by atoms with E-state index in [2.05, 4.69) is 35.3 Å². The number of aryl methyl sites for hydroxylation is 1. The molecule has 2 N–H and O–H groups in total. The van der Waals surface area contributed by atoms with Gasteiger partial charge in [-0.3, -0.25) is 0 Å². The highest BCUT2D eigenvalue weighted by Gasteiger charge is 2.21. The van der Waals surface area contributed by atoms with Gasteiger partial charge in [-0.05, 0) is 37.6 Å². The van der Waals surface area contributed by atoms with Crippen molar-refractivity contribution in [3.05, 3.63) is 29.3 Å². The first kappa shape index (κ1) is 11.4. The third-order valence-corrected chi connectivity index (χ3v) is 3.15. The fourth-order valence-electron chi connectivity index (χ4n) is 2.35. The summed E-state index contributed by atoms with van der Waals surface area (Å²) in [6.45, 7) is 4.78. The molecule has 3 heteroatoms. The average molecular weight is 220 g/mol. The molecular formula is C13H20N2O. The number of benzene rings is 1. The van der Waals surface area contributed by atoms with Crippen LogP contribution in [0.2, 0.25) is 0 Å². The third-order valence-electron chi connectivity index (χ3n) is 3.15. The Kier molecular flexibility index (Phi) is 3.46. The topological polar surface area (TPSA) is 35.5 Å². The van der Waals surface area contributed by atoms with E-state index in [1.54, 1.807) is 0 Å². The molecule has 1 atom stereocenters. The van der Waals surface area contributed by atoms with Crippen molar-refractivity contribution in [1.82, 2.24) is 5.32 Å². The lowest BCUT2D eigenvalue weighted by Gasteiger charge is -2.20. The lowest BCUT2D eigenvalue weighted by atomic mass is 10.1. The van der Waals surface area contributed by atoms with Gasteiger partial charge in [-0.1, -0.05) is 12.1 Å². The van der Waals surface area contributed by atoms with Crippen molar-refractivity contribution in [2.75, 3.05) is 25.0 Å². The van der Waals surface area contributed by atoms with Gasteiger partial charge in [0.2, 0.25) is 0 Å². The second-order valence-electron chi connectivity index (χ2n) is 4.54. The number of hydrogen-bond acceptors (Lipinski definition) is 3. The molecule has 1 unspecified atom stereocenters. The SMILES string of the molecule is CNCc1ccc(N2CCC(O)C2)c(C)c1. The lowest BCUT2D eigenvalue weighted by molar-refractivity contribution is 0.198. The van der Waals surface area contributed by atoms with Gasteiger partial charge in [-0.2, -0.15) is 0 Å². The molecule has 0 radical (unpaired) electrons. The van der Waals surface area contributed by atoms with Gasteiger partial charge in [0.15, 0.2) is 0 Å². The molecule has 1 aliphatic rings. The largest absolute Gasteiger partial charge is 0.391 e. The number of aliphatic hydroxyl groups is 1. The fourth-order valence-corrected chi connectivity index (χ4v) is 2.35. The Labute approximate surface area is 97.1 Å². The minimum Gasteiger partial charge on any atom is -0.391 e. The summed E-state index contributed by atoms with van der Waals surface area (Å²) in [5.74, 6) is 0. The average Bonchev–Trinajstić information content (AvgIpc) is 2.65. The molecule has 0 aliphatic carbocycles. The van der Waals surface area contributed by atoms with Gasteiger partial charge in [-0.25, -0.2) is 0 Å². The zero-order chi connectivity index (χ0) is 11.5. The molecule has 88 valence electrons. The highest BCUT2D eigenvalue weighted by Crippen LogP contribution is 2.25. The quantitative estimate of drug-likeness (QED) is 0.805. The number of rotatable bonds is 3. The Hall–Kier alpha value is -1.06. The molecule has 1 aromatic carbocycles. The van der Waals surface area contributed by atoms with Crippen molar-refractivity contribution in [2.24, 2.45) is 0 Å². The summed E-state index contributed by atoms with van der Waals surface area (Å²) in [5, 5.41) is 12.7. The van der Waals surface area contributed by atoms with Gasteiger partial charge in [0.05, 0.1) is 6.10 Å². The molecule has 2 rings (SSSR count). The summed E-state index contributed by atoms with van der Waals surface area (Å²) in [5.41, 5.74) is 3.86. The second-order valence-corrected chi connectivity index (χ2v) is 4.54. The van der Waals surface area contributed by atoms with Crippen LogP contribution in [-0.2, 0) is 6.54 Å². The summed E-state index contributed by atoms with van der Waals surface area (Å²) in [7, 11) is 1.96. The molecular weight excluding hydrogens is 200 g/mol. The van der Waals surface area contributed by atoms with E-state index < -0.39 is 0 Å². The summed E-state index contributed by atoms with van der Waals surface area (Å²) < 4.78 is 0. The fraction of sp³-hybridized carbons (Fsp3) is 0.538. The molecule has 16 heavy (non-hydrogen) atoms. The zero-order valence-corrected chi connectivity index (χ0v) is 10.0. The molecule has 1 aliphatic heterocycles. The van der Waals surface area contributed by atoms with E-state index >= 15 is 0 Å². The Morgan fingerprint density at radius 3 is 2.88 bits per heavy atom. The number of nitrogens with one attached hydrogen (secondary N) is 1. The maximum absolute atomic E-state index is 9.54. The van der Waals surface area contributed by atoms with Crippen LogP contribution in [0.25, 0.3) is 0 Å². The molecule has 1 aromatic rings. The van der Waals surface area contributed by atoms with Crippen molar-refractivity contribution in [1.29, 1.82) is 0 Å². The summed E-state index contributed by atoms with van der Waals surface area (Å²) in [4.78, 5) is 2.27. The molecule has 1 saturated heterocycles. The van der Waals surface area contributed by atoms with Crippen LogP contribution >= 0.6 is 0 Å². The summed E-state index contributed by atoms with van der Waals surface area (Å²) in [6.07, 6.45) is 0.730. The van der Waals surface area contributed by atoms with Crippen LogP contribution in [-0.4, -0.2) is 31.3 Å². The predicted octanol–water partition coefficient (Wildman–Crippen LogP) is 1.29. The Balaban J connectivity index is 2.16. The molecule has 0 amide bonds. The Morgan fingerprint density at radius 2 is 2.31 bits per heavy atom. The standard InChI is InChI=1S/C13H20N2O/c1-10-7-11(8-14-2)3-4-13(10)15-6-5-12(16)9-15/h3-4,7,12,14,16H,5-6,8-9H2,1-2H3. The number of nitrogens with zero attached hydrogens (tertiary/aromatic N) is 1. The lowest BCUT2D eigenvalue weighted by Crippen LogP contribution is -2.22. The van der Waals surface area contributed by atoms with Gasteiger partial charge in [-0.15, -0.1) is 0 Å². The maximum atomic E-state index is 9.54. The predicted molar refractivity (Wildman–Crippen MR) is 66.8 cm³/mol. The van der Waals surface area contributed by atoms with Gasteiger partial charge in [0, 0.05) is 25.3 Å². The van der Waals surface area contributed by atoms with E-state index in [0.29, 0.717) is 0 Å². The first-order chi connectivity index (χ1) is 7.70. The highest BCUT2D eigenvalue weighted by atomic mass is 16.3. The maximum Gasteiger partial charge on any atom is 0.0731 e. The van der Waals surface area contributed by atoms with Crippen LogP contribution in [0.4, 0.5) is 5.69 Å². The number of anilines is 1. The van der Waals surface area contributed by atoms with Crippen LogP contribution in [0.1, 0.15) is 17.5 Å². The zero-order valence-electron chi connectivity index (χ0n) is 10.0. The normalized spacial score (nSPS) is 20.4. The van der Waals surface area contributed by atoms with E-state index in [4.69, 9.17) is 0 Å². The molecule has 0 aromatic heterocycles. The molecule has 0 bridgehead atoms. The van der Waals surface area contributed by atoms with Gasteiger partial charge in [0.1, 0.15) is 0 Å². The molecule has 1 fully saturated rings. The summed E-state index contributed by atoms with van der Waals surface area (Å²) >= 11 is 0. The van der Waals surface area contributed by atoms with Gasteiger partial charge in [0.25, 0.3) is 0 Å². The Morgan fingerprint density at radius 1 is 1.50 bits per heavy atom. The first-order valence-electron chi connectivity index (χ1n) is 5.88. The first-order valence-corrected chi connectivity index (χ1v) is 5.88. The summed E-state index contributed by atoms with van der Waals surface area (Å²) in [6, 6.07) is 6.54. The van der Waals surface area contributed by atoms with Crippen LogP contribution in [0.15, 0.2) is 18.2 Å². The van der Waals surface area contributed by atoms with E-state index in [9.17, 15) is 5.11 Å². The smallest absolute Gasteiger partial charge is 0.0731 e. The van der Waals surface area contributed by atoms with Crippen molar-refractivity contribution >= 4 is 5.69 Å². The van der Waals surface area contributed by atoms with Crippen LogP contribution in [0.5, 0.6) is 0 Å². The van der Waals surface area contributed by atoms with E-state index in [1.165, 1.54) is 16.8 Å². The second kappa shape index (κ2) is 4.85. The molecule has 0 saturated carbocycles. The minimum atomic E-state index is -0.156. The van der Waals surface area contributed by atoms with Crippen LogP contribution in [0.3, 0.4) is 0 Å². The van der Waals surface area contributed by atoms with Crippen LogP contribution in [0, 0.1) is 6.92 Å². The van der Waals surface area contributed by atoms with Gasteiger partial charge >= 0.3 is 0 Å². The number of aliphatic hydroxyl groups excluding tert-OH is 1. The van der Waals surface area contributed by atoms with Gasteiger partial charge < -0.3 is 15.3 Å². The molecule has 3 nitrogen and oxygen atoms in total. The van der Waals surface area contributed by atoms with E-state index in [-0.39, 0.29) is 6.10 Å².